The summed E-state index contributed by atoms with van der Waals surface area (Å²) in [5, 5.41) is 3.92. The molecule has 0 N–H and O–H groups in total. The lowest BCUT2D eigenvalue weighted by molar-refractivity contribution is -0.112. The quantitative estimate of drug-likeness (QED) is 0.714. The topological polar surface area (TPSA) is 59.2 Å². The van der Waals surface area contributed by atoms with E-state index in [1.165, 1.54) is 0 Å². The second kappa shape index (κ2) is 5.21. The fourth-order valence-electron chi connectivity index (χ4n) is 1.95. The van der Waals surface area contributed by atoms with Crippen LogP contribution in [0.25, 0.3) is 0 Å². The Hall–Kier alpha value is -1.23. The van der Waals surface area contributed by atoms with Crippen molar-refractivity contribution in [3.05, 3.63) is 11.7 Å². The van der Waals surface area contributed by atoms with Gasteiger partial charge in [0.25, 0.3) is 0 Å². The van der Waals surface area contributed by atoms with Gasteiger partial charge in [0.05, 0.1) is 6.54 Å². The molecule has 1 aromatic rings. The van der Waals surface area contributed by atoms with Crippen molar-refractivity contribution in [3.63, 3.8) is 0 Å². The Morgan fingerprint density at radius 3 is 2.81 bits per heavy atom. The third-order valence-corrected chi connectivity index (χ3v) is 3.00. The largest absolute Gasteiger partial charge is 0.339 e. The molecule has 1 saturated heterocycles. The Bertz CT molecular complexity index is 343. The van der Waals surface area contributed by atoms with Gasteiger partial charge in [-0.25, -0.2) is 0 Å². The molecule has 0 radical (unpaired) electrons. The number of aryl methyl sites for hydroxylation is 1. The molecule has 1 aliphatic heterocycles. The zero-order valence-electron chi connectivity index (χ0n) is 9.56. The highest BCUT2D eigenvalue weighted by molar-refractivity contribution is 5.53. The number of aromatic nitrogens is 2. The summed E-state index contributed by atoms with van der Waals surface area (Å²) in [5.41, 5.74) is 0. The van der Waals surface area contributed by atoms with Crippen LogP contribution in [0.3, 0.4) is 0 Å². The molecule has 16 heavy (non-hydrogen) atoms. The molecular weight excluding hydrogens is 206 g/mol. The van der Waals surface area contributed by atoms with Gasteiger partial charge >= 0.3 is 0 Å². The van der Waals surface area contributed by atoms with E-state index in [1.54, 1.807) is 0 Å². The Morgan fingerprint density at radius 1 is 1.50 bits per heavy atom. The predicted octanol–water partition coefficient (Wildman–Crippen LogP) is 1.04. The Morgan fingerprint density at radius 2 is 2.25 bits per heavy atom. The lowest BCUT2D eigenvalue weighted by atomic mass is 9.99. The van der Waals surface area contributed by atoms with Gasteiger partial charge in [0.1, 0.15) is 6.29 Å². The summed E-state index contributed by atoms with van der Waals surface area (Å²) in [6.45, 7) is 4.61. The zero-order chi connectivity index (χ0) is 11.4. The van der Waals surface area contributed by atoms with E-state index < -0.39 is 0 Å². The fraction of sp³-hybridized carbons (Fsp3) is 0.727. The lowest BCUT2D eigenvalue weighted by Crippen LogP contribution is -2.33. The molecular formula is C11H17N3O2. The van der Waals surface area contributed by atoms with E-state index in [1.807, 2.05) is 6.92 Å². The SMILES string of the molecule is CCc1nc(CN2CCC(C=O)CC2)no1. The van der Waals surface area contributed by atoms with Gasteiger partial charge in [-0.1, -0.05) is 12.1 Å². The molecule has 0 spiro atoms. The number of carbonyl (C=O) groups excluding carboxylic acids is 1. The van der Waals surface area contributed by atoms with Crippen molar-refractivity contribution in [2.24, 2.45) is 5.92 Å². The predicted molar refractivity (Wildman–Crippen MR) is 57.7 cm³/mol. The van der Waals surface area contributed by atoms with Gasteiger partial charge in [0.2, 0.25) is 5.89 Å². The highest BCUT2D eigenvalue weighted by atomic mass is 16.5. The summed E-state index contributed by atoms with van der Waals surface area (Å²) in [6, 6.07) is 0. The third kappa shape index (κ3) is 2.66. The first-order chi connectivity index (χ1) is 7.81. The van der Waals surface area contributed by atoms with Gasteiger partial charge in [-0.2, -0.15) is 4.98 Å². The van der Waals surface area contributed by atoms with Gasteiger partial charge in [-0.15, -0.1) is 0 Å². The maximum absolute atomic E-state index is 10.6. The molecule has 2 heterocycles. The molecule has 0 unspecified atom stereocenters. The number of hydrogen-bond acceptors (Lipinski definition) is 5. The van der Waals surface area contributed by atoms with Crippen LogP contribution in [0.15, 0.2) is 4.52 Å². The smallest absolute Gasteiger partial charge is 0.226 e. The van der Waals surface area contributed by atoms with Crippen molar-refractivity contribution in [3.8, 4) is 0 Å². The lowest BCUT2D eigenvalue weighted by Gasteiger charge is -2.28. The average Bonchev–Trinajstić information content (AvgIpc) is 2.78. The van der Waals surface area contributed by atoms with E-state index in [0.717, 1.165) is 51.0 Å². The molecule has 1 aliphatic rings. The standard InChI is InChI=1S/C11H17N3O2/c1-2-11-12-10(13-16-11)7-14-5-3-9(8-15)4-6-14/h8-9H,2-7H2,1H3. The molecule has 0 aromatic carbocycles. The molecule has 1 aromatic heterocycles. The van der Waals surface area contributed by atoms with E-state index in [4.69, 9.17) is 4.52 Å². The minimum Gasteiger partial charge on any atom is -0.339 e. The van der Waals surface area contributed by atoms with Gasteiger partial charge < -0.3 is 9.32 Å². The third-order valence-electron chi connectivity index (χ3n) is 3.00. The van der Waals surface area contributed by atoms with Crippen molar-refractivity contribution < 1.29 is 9.32 Å². The first-order valence-electron chi connectivity index (χ1n) is 5.81. The second-order valence-electron chi connectivity index (χ2n) is 4.21. The summed E-state index contributed by atoms with van der Waals surface area (Å²) in [7, 11) is 0. The molecule has 5 heteroatoms. The monoisotopic (exact) mass is 223 g/mol. The maximum Gasteiger partial charge on any atom is 0.226 e. The van der Waals surface area contributed by atoms with Gasteiger partial charge in [-0.05, 0) is 25.9 Å². The van der Waals surface area contributed by atoms with Crippen LogP contribution in [0.4, 0.5) is 0 Å². The molecule has 0 saturated carbocycles. The van der Waals surface area contributed by atoms with Crippen molar-refractivity contribution in [2.45, 2.75) is 32.7 Å². The van der Waals surface area contributed by atoms with Crippen LogP contribution in [0.5, 0.6) is 0 Å². The van der Waals surface area contributed by atoms with Crippen molar-refractivity contribution >= 4 is 6.29 Å². The average molecular weight is 223 g/mol. The van der Waals surface area contributed by atoms with Crippen LogP contribution in [0.2, 0.25) is 0 Å². The highest BCUT2D eigenvalue weighted by Crippen LogP contribution is 2.16. The van der Waals surface area contributed by atoms with Crippen molar-refractivity contribution in [1.29, 1.82) is 0 Å². The Kier molecular flexibility index (Phi) is 3.66. The number of likely N-dealkylation sites (tertiary alicyclic amines) is 1. The van der Waals surface area contributed by atoms with Crippen molar-refractivity contribution in [1.82, 2.24) is 15.0 Å². The molecule has 1 fully saturated rings. The van der Waals surface area contributed by atoms with E-state index in [9.17, 15) is 4.79 Å². The Balaban J connectivity index is 1.84. The van der Waals surface area contributed by atoms with Crippen molar-refractivity contribution in [2.75, 3.05) is 13.1 Å². The van der Waals surface area contributed by atoms with Crippen LogP contribution in [-0.2, 0) is 17.8 Å². The first-order valence-corrected chi connectivity index (χ1v) is 5.81. The van der Waals surface area contributed by atoms with Crippen LogP contribution in [-0.4, -0.2) is 34.4 Å². The maximum atomic E-state index is 10.6. The van der Waals surface area contributed by atoms with Crippen LogP contribution < -0.4 is 0 Å². The minimum absolute atomic E-state index is 0.243. The van der Waals surface area contributed by atoms with E-state index in [-0.39, 0.29) is 5.92 Å². The van der Waals surface area contributed by atoms with E-state index in [0.29, 0.717) is 5.89 Å². The molecule has 0 atom stereocenters. The van der Waals surface area contributed by atoms with Crippen LogP contribution in [0.1, 0.15) is 31.5 Å². The number of hydrogen-bond donors (Lipinski definition) is 0. The molecule has 88 valence electrons. The summed E-state index contributed by atoms with van der Waals surface area (Å²) in [4.78, 5) is 17.2. The summed E-state index contributed by atoms with van der Waals surface area (Å²) >= 11 is 0. The highest BCUT2D eigenvalue weighted by Gasteiger charge is 2.19. The van der Waals surface area contributed by atoms with E-state index in [2.05, 4.69) is 15.0 Å². The number of aldehydes is 1. The molecule has 0 aliphatic carbocycles. The molecule has 0 bridgehead atoms. The second-order valence-corrected chi connectivity index (χ2v) is 4.21. The zero-order valence-corrected chi connectivity index (χ0v) is 9.56. The number of piperidine rings is 1. The van der Waals surface area contributed by atoms with Crippen LogP contribution in [0, 0.1) is 5.92 Å². The first kappa shape index (κ1) is 11.3. The van der Waals surface area contributed by atoms with Gasteiger partial charge in [0, 0.05) is 12.3 Å². The molecule has 5 nitrogen and oxygen atoms in total. The number of carbonyl (C=O) groups is 1. The molecule has 2 rings (SSSR count). The summed E-state index contributed by atoms with van der Waals surface area (Å²) < 4.78 is 5.05. The fourth-order valence-corrected chi connectivity index (χ4v) is 1.95. The van der Waals surface area contributed by atoms with Crippen LogP contribution >= 0.6 is 0 Å². The Labute approximate surface area is 94.8 Å². The van der Waals surface area contributed by atoms with Gasteiger partial charge in [-0.3, -0.25) is 4.90 Å². The van der Waals surface area contributed by atoms with Gasteiger partial charge in [0.15, 0.2) is 5.82 Å². The van der Waals surface area contributed by atoms with E-state index >= 15 is 0 Å². The normalized spacial score (nSPS) is 18.8. The molecule has 0 amide bonds. The summed E-state index contributed by atoms with van der Waals surface area (Å²) in [6.07, 6.45) is 3.74. The number of rotatable bonds is 4. The summed E-state index contributed by atoms with van der Waals surface area (Å²) in [5.74, 6) is 1.69. The minimum atomic E-state index is 0.243. The number of nitrogens with zero attached hydrogens (tertiary/aromatic N) is 3.